The van der Waals surface area contributed by atoms with E-state index in [9.17, 15) is 13.6 Å². The number of hydrogen-bond donors (Lipinski definition) is 1. The molecule has 1 atom stereocenters. The summed E-state index contributed by atoms with van der Waals surface area (Å²) in [4.78, 5) is 14.2. The molecule has 1 aromatic heterocycles. The normalized spacial score (nSPS) is 20.4. The van der Waals surface area contributed by atoms with Crippen molar-refractivity contribution in [2.75, 3.05) is 6.61 Å². The van der Waals surface area contributed by atoms with Gasteiger partial charge in [0.05, 0.1) is 6.20 Å². The van der Waals surface area contributed by atoms with Crippen LogP contribution in [0, 0.1) is 11.6 Å². The first-order chi connectivity index (χ1) is 6.66. The van der Waals surface area contributed by atoms with Gasteiger partial charge in [-0.05, 0) is 0 Å². The highest BCUT2D eigenvalue weighted by Crippen LogP contribution is 2.19. The fourth-order valence-corrected chi connectivity index (χ4v) is 1.21. The molecule has 2 rings (SSSR count). The molecule has 0 aliphatic carbocycles. The van der Waals surface area contributed by atoms with Gasteiger partial charge in [-0.3, -0.25) is 4.98 Å². The van der Waals surface area contributed by atoms with E-state index in [4.69, 9.17) is 0 Å². The molecule has 6 heteroatoms. The van der Waals surface area contributed by atoms with Gasteiger partial charge in [0.15, 0.2) is 0 Å². The van der Waals surface area contributed by atoms with Crippen LogP contribution in [-0.4, -0.2) is 17.7 Å². The summed E-state index contributed by atoms with van der Waals surface area (Å²) in [5.74, 6) is -1.54. The summed E-state index contributed by atoms with van der Waals surface area (Å²) in [6.45, 7) is 0.00832. The molecule has 1 N–H and O–H groups in total. The molecule has 2 heterocycles. The molecular formula is C8H6F2N2O2. The number of amides is 1. The van der Waals surface area contributed by atoms with Crippen molar-refractivity contribution in [1.29, 1.82) is 0 Å². The number of alkyl carbamates (subject to hydrolysis) is 1. The maximum atomic E-state index is 13.1. The Morgan fingerprint density at radius 1 is 1.57 bits per heavy atom. The number of nitrogens with one attached hydrogen (secondary N) is 1. The molecule has 0 bridgehead atoms. The highest BCUT2D eigenvalue weighted by atomic mass is 19.1. The van der Waals surface area contributed by atoms with Crippen LogP contribution >= 0.6 is 0 Å². The van der Waals surface area contributed by atoms with E-state index in [0.29, 0.717) is 6.07 Å². The highest BCUT2D eigenvalue weighted by Gasteiger charge is 2.27. The number of hydrogen-bond acceptors (Lipinski definition) is 3. The number of carbonyl (C=O) groups excluding carboxylic acids is 1. The molecule has 0 aromatic carbocycles. The van der Waals surface area contributed by atoms with Gasteiger partial charge in [0.1, 0.15) is 30.0 Å². The first-order valence-corrected chi connectivity index (χ1v) is 3.91. The molecular weight excluding hydrogens is 194 g/mol. The highest BCUT2D eigenvalue weighted by molar-refractivity contribution is 5.69. The third-order valence-corrected chi connectivity index (χ3v) is 1.84. The second kappa shape index (κ2) is 3.21. The fourth-order valence-electron chi connectivity index (χ4n) is 1.21. The second-order valence-corrected chi connectivity index (χ2v) is 2.82. The number of ether oxygens (including phenoxy) is 1. The van der Waals surface area contributed by atoms with Crippen LogP contribution in [0.25, 0.3) is 0 Å². The number of halogens is 2. The van der Waals surface area contributed by atoms with Crippen molar-refractivity contribution in [3.8, 4) is 0 Å². The molecule has 1 aromatic rings. The van der Waals surface area contributed by atoms with Crippen LogP contribution in [-0.2, 0) is 4.74 Å². The number of pyridine rings is 1. The van der Waals surface area contributed by atoms with Gasteiger partial charge in [0, 0.05) is 6.07 Å². The Morgan fingerprint density at radius 2 is 2.36 bits per heavy atom. The molecule has 74 valence electrons. The summed E-state index contributed by atoms with van der Waals surface area (Å²) in [6.07, 6.45) is 0.267. The van der Waals surface area contributed by atoms with Crippen LogP contribution in [0.15, 0.2) is 12.3 Å². The first kappa shape index (κ1) is 8.86. The second-order valence-electron chi connectivity index (χ2n) is 2.82. The maximum Gasteiger partial charge on any atom is 0.407 e. The number of rotatable bonds is 1. The molecule has 1 amide bonds. The predicted octanol–water partition coefficient (Wildman–Crippen LogP) is 1.14. The van der Waals surface area contributed by atoms with Crippen LogP contribution in [0.1, 0.15) is 11.7 Å². The Balaban J connectivity index is 2.28. The SMILES string of the molecule is O=C1NC(c2ncc(F)cc2F)CO1. The van der Waals surface area contributed by atoms with Gasteiger partial charge in [0.2, 0.25) is 0 Å². The molecule has 0 saturated carbocycles. The molecule has 0 radical (unpaired) electrons. The predicted molar refractivity (Wildman–Crippen MR) is 41.4 cm³/mol. The van der Waals surface area contributed by atoms with Crippen molar-refractivity contribution in [1.82, 2.24) is 10.3 Å². The van der Waals surface area contributed by atoms with E-state index in [-0.39, 0.29) is 12.3 Å². The third kappa shape index (κ3) is 1.50. The van der Waals surface area contributed by atoms with Crippen LogP contribution in [0.2, 0.25) is 0 Å². The Kier molecular flexibility index (Phi) is 2.03. The lowest BCUT2D eigenvalue weighted by Crippen LogP contribution is -2.20. The van der Waals surface area contributed by atoms with Crippen LogP contribution in [0.3, 0.4) is 0 Å². The Bertz CT molecular complexity index is 384. The zero-order valence-corrected chi connectivity index (χ0v) is 6.96. The Morgan fingerprint density at radius 3 is 2.93 bits per heavy atom. The standard InChI is InChI=1S/C8H6F2N2O2/c9-4-1-5(10)7(11-2-4)6-3-14-8(13)12-6/h1-2,6H,3H2,(H,12,13). The zero-order valence-electron chi connectivity index (χ0n) is 6.96. The fraction of sp³-hybridized carbons (Fsp3) is 0.250. The molecule has 4 nitrogen and oxygen atoms in total. The Hall–Kier alpha value is -1.72. The van der Waals surface area contributed by atoms with Gasteiger partial charge >= 0.3 is 6.09 Å². The minimum atomic E-state index is -0.791. The van der Waals surface area contributed by atoms with E-state index in [1.807, 2.05) is 0 Å². The monoisotopic (exact) mass is 200 g/mol. The lowest BCUT2D eigenvalue weighted by atomic mass is 10.2. The van der Waals surface area contributed by atoms with Crippen LogP contribution in [0.4, 0.5) is 13.6 Å². The summed E-state index contributed by atoms with van der Waals surface area (Å²) in [5, 5.41) is 2.34. The van der Waals surface area contributed by atoms with Crippen molar-refractivity contribution in [2.45, 2.75) is 6.04 Å². The molecule has 1 aliphatic rings. The molecule has 0 spiro atoms. The van der Waals surface area contributed by atoms with Crippen molar-refractivity contribution in [3.05, 3.63) is 29.6 Å². The van der Waals surface area contributed by atoms with Crippen molar-refractivity contribution in [3.63, 3.8) is 0 Å². The molecule has 14 heavy (non-hydrogen) atoms. The van der Waals surface area contributed by atoms with Crippen molar-refractivity contribution >= 4 is 6.09 Å². The van der Waals surface area contributed by atoms with Gasteiger partial charge in [-0.15, -0.1) is 0 Å². The van der Waals surface area contributed by atoms with E-state index in [2.05, 4.69) is 15.0 Å². The lowest BCUT2D eigenvalue weighted by molar-refractivity contribution is 0.176. The van der Waals surface area contributed by atoms with Gasteiger partial charge in [-0.1, -0.05) is 0 Å². The summed E-state index contributed by atoms with van der Waals surface area (Å²) in [6, 6.07) is 0.0791. The number of cyclic esters (lactones) is 1. The van der Waals surface area contributed by atoms with E-state index in [1.54, 1.807) is 0 Å². The van der Waals surface area contributed by atoms with Gasteiger partial charge in [-0.2, -0.15) is 0 Å². The smallest absolute Gasteiger partial charge is 0.407 e. The van der Waals surface area contributed by atoms with Crippen molar-refractivity contribution < 1.29 is 18.3 Å². The van der Waals surface area contributed by atoms with Crippen LogP contribution in [0.5, 0.6) is 0 Å². The van der Waals surface area contributed by atoms with Crippen LogP contribution < -0.4 is 5.32 Å². The number of nitrogens with zero attached hydrogens (tertiary/aromatic N) is 1. The first-order valence-electron chi connectivity index (χ1n) is 3.91. The van der Waals surface area contributed by atoms with E-state index < -0.39 is 23.8 Å². The lowest BCUT2D eigenvalue weighted by Gasteiger charge is -2.06. The average Bonchev–Trinajstić information content (AvgIpc) is 2.51. The third-order valence-electron chi connectivity index (χ3n) is 1.84. The summed E-state index contributed by atoms with van der Waals surface area (Å²) >= 11 is 0. The minimum absolute atomic E-state index is 0.00832. The van der Waals surface area contributed by atoms with Gasteiger partial charge in [0.25, 0.3) is 0 Å². The van der Waals surface area contributed by atoms with E-state index >= 15 is 0 Å². The Labute approximate surface area is 77.9 Å². The summed E-state index contributed by atoms with van der Waals surface area (Å²) < 4.78 is 30.2. The quantitative estimate of drug-likeness (QED) is 0.739. The molecule has 1 aliphatic heterocycles. The van der Waals surface area contributed by atoms with Crippen molar-refractivity contribution in [2.24, 2.45) is 0 Å². The zero-order chi connectivity index (χ0) is 10.1. The number of aromatic nitrogens is 1. The maximum absolute atomic E-state index is 13.1. The minimum Gasteiger partial charge on any atom is -0.447 e. The van der Waals surface area contributed by atoms with E-state index in [1.165, 1.54) is 0 Å². The summed E-state index contributed by atoms with van der Waals surface area (Å²) in [7, 11) is 0. The molecule has 1 unspecified atom stereocenters. The van der Waals surface area contributed by atoms with Gasteiger partial charge < -0.3 is 10.1 Å². The summed E-state index contributed by atoms with van der Waals surface area (Å²) in [5.41, 5.74) is -0.0164. The largest absolute Gasteiger partial charge is 0.447 e. The number of carbonyl (C=O) groups is 1. The average molecular weight is 200 g/mol. The molecule has 1 fully saturated rings. The molecule has 1 saturated heterocycles. The van der Waals surface area contributed by atoms with Gasteiger partial charge in [-0.25, -0.2) is 13.6 Å². The topological polar surface area (TPSA) is 51.2 Å². The van der Waals surface area contributed by atoms with E-state index in [0.717, 1.165) is 6.20 Å².